The average Bonchev–Trinajstić information content (AvgIpc) is 3.61. The van der Waals surface area contributed by atoms with Gasteiger partial charge in [-0.25, -0.2) is 18.0 Å². The largest absolute Gasteiger partial charge is 0.478 e. The Morgan fingerprint density at radius 2 is 1.88 bits per heavy atom. The van der Waals surface area contributed by atoms with Crippen molar-refractivity contribution in [2.75, 3.05) is 5.32 Å². The van der Waals surface area contributed by atoms with Crippen molar-refractivity contribution in [1.82, 2.24) is 4.98 Å². The minimum absolute atomic E-state index is 0.00209. The lowest BCUT2D eigenvalue weighted by molar-refractivity contribution is 0.0696. The number of nitrogens with zero attached hydrogens (tertiary/aromatic N) is 1. The van der Waals surface area contributed by atoms with Crippen molar-refractivity contribution in [3.05, 3.63) is 93.5 Å². The van der Waals surface area contributed by atoms with Crippen molar-refractivity contribution < 1.29 is 27.9 Å². The first-order chi connectivity index (χ1) is 16.2. The van der Waals surface area contributed by atoms with Crippen LogP contribution in [0.3, 0.4) is 0 Å². The van der Waals surface area contributed by atoms with Crippen LogP contribution in [0.5, 0.6) is 0 Å². The van der Waals surface area contributed by atoms with Gasteiger partial charge in [-0.3, -0.25) is 15.2 Å². The van der Waals surface area contributed by atoms with Gasteiger partial charge in [-0.2, -0.15) is 0 Å². The van der Waals surface area contributed by atoms with E-state index in [-0.39, 0.29) is 51.5 Å². The number of carbonyl (C=O) groups excluding carboxylic acids is 1. The zero-order chi connectivity index (χ0) is 24.6. The number of hydrogen-bond donors (Lipinski definition) is 3. The lowest BCUT2D eigenvalue weighted by Crippen LogP contribution is -2.24. The number of hydrogen-bond acceptors (Lipinski definition) is 4. The summed E-state index contributed by atoms with van der Waals surface area (Å²) in [7, 11) is 0. The molecule has 2 aromatic carbocycles. The minimum Gasteiger partial charge on any atom is -0.478 e. The monoisotopic (exact) mass is 487 g/mol. The van der Waals surface area contributed by atoms with Crippen LogP contribution in [0.25, 0.3) is 0 Å². The van der Waals surface area contributed by atoms with Crippen molar-refractivity contribution in [3.63, 3.8) is 0 Å². The summed E-state index contributed by atoms with van der Waals surface area (Å²) in [6.07, 6.45) is -0.893. The van der Waals surface area contributed by atoms with Crippen LogP contribution in [0.4, 0.5) is 18.9 Å². The van der Waals surface area contributed by atoms with Gasteiger partial charge >= 0.3 is 5.97 Å². The molecule has 0 atom stereocenters. The summed E-state index contributed by atoms with van der Waals surface area (Å²) in [5, 5.41) is 20.0. The van der Waals surface area contributed by atoms with Gasteiger partial charge in [0.1, 0.15) is 11.5 Å². The molecule has 174 valence electrons. The number of aromatic carboxylic acids is 1. The Balaban J connectivity index is 1.69. The first-order valence-electron chi connectivity index (χ1n) is 10.1. The van der Waals surface area contributed by atoms with E-state index in [1.165, 1.54) is 36.5 Å². The average molecular weight is 488 g/mol. The number of carboxylic acids is 1. The van der Waals surface area contributed by atoms with E-state index in [4.69, 9.17) is 22.1 Å². The molecule has 0 bridgehead atoms. The third-order valence-corrected chi connectivity index (χ3v) is 6.08. The van der Waals surface area contributed by atoms with Gasteiger partial charge in [0, 0.05) is 11.8 Å². The van der Waals surface area contributed by atoms with E-state index in [1.54, 1.807) is 0 Å². The van der Waals surface area contributed by atoms with Gasteiger partial charge in [-0.05, 0) is 54.8 Å². The molecule has 0 unspecified atom stereocenters. The molecular weight excluding hydrogens is 471 g/mol. The summed E-state index contributed by atoms with van der Waals surface area (Å²) in [4.78, 5) is 28.3. The number of halogens is 4. The summed E-state index contributed by atoms with van der Waals surface area (Å²) in [5.41, 5.74) is -2.38. The van der Waals surface area contributed by atoms with Crippen LogP contribution >= 0.6 is 11.6 Å². The smallest absolute Gasteiger partial charge is 0.335 e. The fourth-order valence-electron chi connectivity index (χ4n) is 3.78. The quantitative estimate of drug-likeness (QED) is 0.381. The van der Waals surface area contributed by atoms with Crippen molar-refractivity contribution in [2.24, 2.45) is 0 Å². The predicted octanol–water partition coefficient (Wildman–Crippen LogP) is 5.54. The fourth-order valence-corrected chi connectivity index (χ4v) is 4.04. The SMILES string of the molecule is N=C(c1ccc(C(=O)O)cc1F)c1ncccc1NC(=O)c1c(Cl)cccc1C1(C(F)F)CC1. The minimum atomic E-state index is -2.67. The first kappa shape index (κ1) is 23.4. The van der Waals surface area contributed by atoms with Gasteiger partial charge in [0.2, 0.25) is 6.43 Å². The number of benzene rings is 2. The number of anilines is 1. The molecule has 0 radical (unpaired) electrons. The number of pyridine rings is 1. The second-order valence-electron chi connectivity index (χ2n) is 7.85. The molecule has 0 saturated heterocycles. The first-order valence-corrected chi connectivity index (χ1v) is 10.5. The maximum absolute atomic E-state index is 14.5. The van der Waals surface area contributed by atoms with Gasteiger partial charge in [0.25, 0.3) is 5.91 Å². The molecule has 0 aliphatic heterocycles. The molecule has 4 rings (SSSR count). The molecule has 1 heterocycles. The van der Waals surface area contributed by atoms with E-state index in [2.05, 4.69) is 10.3 Å². The van der Waals surface area contributed by atoms with E-state index in [0.717, 1.165) is 18.2 Å². The van der Waals surface area contributed by atoms with Crippen molar-refractivity contribution in [1.29, 1.82) is 5.41 Å². The summed E-state index contributed by atoms with van der Waals surface area (Å²) >= 11 is 6.23. The third kappa shape index (κ3) is 4.14. The van der Waals surface area contributed by atoms with Crippen LogP contribution in [0.15, 0.2) is 54.7 Å². The number of alkyl halides is 2. The molecule has 6 nitrogen and oxygen atoms in total. The molecule has 1 aromatic heterocycles. The Bertz CT molecular complexity index is 1330. The van der Waals surface area contributed by atoms with Crippen LogP contribution in [0, 0.1) is 11.2 Å². The van der Waals surface area contributed by atoms with Crippen molar-refractivity contribution in [3.8, 4) is 0 Å². The van der Waals surface area contributed by atoms with E-state index >= 15 is 0 Å². The molecular formula is C24H17ClF3N3O3. The number of carbonyl (C=O) groups is 2. The standard InChI is InChI=1S/C24H17ClF3N3O3/c25-15-4-1-3-14(24(8-9-24)23(27)28)18(15)21(32)31-17-5-2-10-30-20(17)19(29)13-7-6-12(22(33)34)11-16(13)26/h1-7,10-11,23,29H,8-9H2,(H,31,32)(H,33,34). The van der Waals surface area contributed by atoms with Gasteiger partial charge in [-0.15, -0.1) is 0 Å². The van der Waals surface area contributed by atoms with Gasteiger partial charge in [0.05, 0.1) is 33.0 Å². The number of nitrogens with one attached hydrogen (secondary N) is 2. The van der Waals surface area contributed by atoms with E-state index < -0.39 is 35.2 Å². The van der Waals surface area contributed by atoms with Gasteiger partial charge < -0.3 is 10.4 Å². The number of aromatic nitrogens is 1. The highest BCUT2D eigenvalue weighted by atomic mass is 35.5. The van der Waals surface area contributed by atoms with Gasteiger partial charge in [0.15, 0.2) is 0 Å². The molecule has 3 aromatic rings. The molecule has 1 fully saturated rings. The topological polar surface area (TPSA) is 103 Å². The molecule has 1 aliphatic rings. The highest BCUT2D eigenvalue weighted by Gasteiger charge is 2.54. The maximum Gasteiger partial charge on any atom is 0.335 e. The molecule has 1 amide bonds. The van der Waals surface area contributed by atoms with Crippen LogP contribution in [-0.2, 0) is 5.41 Å². The normalized spacial score (nSPS) is 14.0. The van der Waals surface area contributed by atoms with Crippen LogP contribution < -0.4 is 5.32 Å². The zero-order valence-corrected chi connectivity index (χ0v) is 18.2. The van der Waals surface area contributed by atoms with Crippen molar-refractivity contribution in [2.45, 2.75) is 24.7 Å². The number of rotatable bonds is 7. The second kappa shape index (κ2) is 8.90. The van der Waals surface area contributed by atoms with Crippen LogP contribution in [-0.4, -0.2) is 34.1 Å². The number of carboxylic acid groups (broad SMARTS) is 1. The Morgan fingerprint density at radius 1 is 1.15 bits per heavy atom. The fraction of sp³-hybridized carbons (Fsp3) is 0.167. The third-order valence-electron chi connectivity index (χ3n) is 5.76. The maximum atomic E-state index is 14.5. The second-order valence-corrected chi connectivity index (χ2v) is 8.25. The van der Waals surface area contributed by atoms with Gasteiger partial charge in [-0.1, -0.05) is 23.7 Å². The lowest BCUT2D eigenvalue weighted by Gasteiger charge is -2.20. The van der Waals surface area contributed by atoms with Crippen LogP contribution in [0.2, 0.25) is 5.02 Å². The van der Waals surface area contributed by atoms with E-state index in [0.29, 0.717) is 0 Å². The van der Waals surface area contributed by atoms with Crippen molar-refractivity contribution >= 4 is 34.9 Å². The van der Waals surface area contributed by atoms with E-state index in [1.807, 2.05) is 0 Å². The molecule has 34 heavy (non-hydrogen) atoms. The zero-order valence-electron chi connectivity index (χ0n) is 17.4. The molecule has 10 heteroatoms. The molecule has 3 N–H and O–H groups in total. The number of amides is 1. The Morgan fingerprint density at radius 3 is 2.50 bits per heavy atom. The molecule has 0 spiro atoms. The Hall–Kier alpha value is -3.72. The Kier molecular flexibility index (Phi) is 6.14. The predicted molar refractivity (Wildman–Crippen MR) is 120 cm³/mol. The highest BCUT2D eigenvalue weighted by molar-refractivity contribution is 6.35. The van der Waals surface area contributed by atoms with Crippen LogP contribution in [0.1, 0.15) is 50.4 Å². The summed E-state index contributed by atoms with van der Waals surface area (Å²) in [6.45, 7) is 0. The summed E-state index contributed by atoms with van der Waals surface area (Å²) in [6, 6.07) is 10.3. The summed E-state index contributed by atoms with van der Waals surface area (Å²) in [5.74, 6) is -3.04. The highest BCUT2D eigenvalue weighted by Crippen LogP contribution is 2.54. The Labute approximate surface area is 196 Å². The summed E-state index contributed by atoms with van der Waals surface area (Å²) < 4.78 is 42.0. The molecule has 1 saturated carbocycles. The lowest BCUT2D eigenvalue weighted by atomic mass is 9.91. The van der Waals surface area contributed by atoms with E-state index in [9.17, 15) is 22.8 Å². The molecule has 1 aliphatic carbocycles.